The van der Waals surface area contributed by atoms with Gasteiger partial charge in [-0.1, -0.05) is 75.4 Å². The van der Waals surface area contributed by atoms with E-state index in [1.54, 1.807) is 0 Å². The molecule has 0 atom stereocenters. The molecule has 0 N–H and O–H groups in total. The quantitative estimate of drug-likeness (QED) is 0.496. The fourth-order valence-corrected chi connectivity index (χ4v) is 3.07. The maximum absolute atomic E-state index is 6.02. The minimum Gasteiger partial charge on any atom is -0.382 e. The van der Waals surface area contributed by atoms with Crippen LogP contribution in [0.25, 0.3) is 21.5 Å². The van der Waals surface area contributed by atoms with Gasteiger partial charge in [-0.2, -0.15) is 0 Å². The zero-order valence-corrected chi connectivity index (χ0v) is 13.2. The van der Waals surface area contributed by atoms with Crippen molar-refractivity contribution in [2.45, 2.75) is 27.1 Å². The van der Waals surface area contributed by atoms with E-state index in [0.29, 0.717) is 0 Å². The zero-order valence-electron chi connectivity index (χ0n) is 13.2. The summed E-state index contributed by atoms with van der Waals surface area (Å²) >= 11 is 0. The third-order valence-corrected chi connectivity index (χ3v) is 4.26. The van der Waals surface area contributed by atoms with Crippen molar-refractivity contribution in [3.05, 3.63) is 54.6 Å². The van der Waals surface area contributed by atoms with E-state index in [2.05, 4.69) is 75.4 Å². The summed E-state index contributed by atoms with van der Waals surface area (Å²) in [4.78, 5) is 0. The van der Waals surface area contributed by atoms with Crippen LogP contribution in [0.1, 0.15) is 20.8 Å². The van der Waals surface area contributed by atoms with Gasteiger partial charge in [-0.25, -0.2) is 0 Å². The number of rotatable bonds is 1. The summed E-state index contributed by atoms with van der Waals surface area (Å²) in [5.41, 5.74) is 1.12. The van der Waals surface area contributed by atoms with Crippen molar-refractivity contribution in [2.75, 3.05) is 0 Å². The molecule has 0 unspecified atom stereocenters. The lowest BCUT2D eigenvalue weighted by Crippen LogP contribution is -2.57. The van der Waals surface area contributed by atoms with Gasteiger partial charge in [-0.15, -0.1) is 0 Å². The van der Waals surface area contributed by atoms with E-state index in [-0.39, 0.29) is 18.8 Å². The van der Waals surface area contributed by atoms with Gasteiger partial charge in [0.05, 0.1) is 0 Å². The molecule has 3 heteroatoms. The Morgan fingerprint density at radius 3 is 2.09 bits per heavy atom. The lowest BCUT2D eigenvalue weighted by atomic mass is 9.71. The Kier molecular flexibility index (Phi) is 3.03. The van der Waals surface area contributed by atoms with Crippen molar-refractivity contribution in [1.82, 2.24) is 0 Å². The van der Waals surface area contributed by atoms with Crippen molar-refractivity contribution in [3.8, 4) is 0 Å². The Morgan fingerprint density at radius 1 is 0.818 bits per heavy atom. The monoisotopic (exact) mass is 290 g/mol. The van der Waals surface area contributed by atoms with Crippen molar-refractivity contribution in [2.24, 2.45) is 5.41 Å². The second-order valence-corrected chi connectivity index (χ2v) is 7.03. The molecule has 1 aliphatic rings. The first-order valence-electron chi connectivity index (χ1n) is 7.75. The minimum atomic E-state index is -0.265. The molecule has 3 aromatic carbocycles. The van der Waals surface area contributed by atoms with Gasteiger partial charge in [0.2, 0.25) is 0 Å². The Labute approximate surface area is 131 Å². The van der Waals surface area contributed by atoms with Gasteiger partial charge in [0.1, 0.15) is 6.29 Å². The maximum atomic E-state index is 6.02. The topological polar surface area (TPSA) is 18.5 Å². The van der Waals surface area contributed by atoms with E-state index in [1.807, 2.05) is 0 Å². The van der Waals surface area contributed by atoms with Gasteiger partial charge in [0.15, 0.2) is 0 Å². The van der Waals surface area contributed by atoms with Crippen molar-refractivity contribution in [1.29, 1.82) is 0 Å². The van der Waals surface area contributed by atoms with Gasteiger partial charge in [-0.05, 0) is 27.0 Å². The van der Waals surface area contributed by atoms with Crippen LogP contribution in [0.2, 0.25) is 0 Å². The molecule has 4 rings (SSSR count). The largest absolute Gasteiger partial charge is 0.498 e. The molecule has 0 radical (unpaired) electrons. The summed E-state index contributed by atoms with van der Waals surface area (Å²) in [6.45, 7) is 6.39. The summed E-state index contributed by atoms with van der Waals surface area (Å²) in [7, 11) is -0.265. The maximum Gasteiger partial charge on any atom is 0.498 e. The normalized spacial score (nSPS) is 16.2. The Bertz CT molecular complexity index is 845. The molecule has 22 heavy (non-hydrogen) atoms. The number of fused-ring (bicyclic) bond motifs is 3. The predicted octanol–water partition coefficient (Wildman–Crippen LogP) is 4.11. The van der Waals surface area contributed by atoms with E-state index in [4.69, 9.17) is 9.31 Å². The van der Waals surface area contributed by atoms with E-state index in [0.717, 1.165) is 5.46 Å². The minimum absolute atomic E-state index is 0.00313. The van der Waals surface area contributed by atoms with Crippen LogP contribution in [0.3, 0.4) is 0 Å². The molecule has 1 saturated heterocycles. The van der Waals surface area contributed by atoms with Gasteiger partial charge in [0, 0.05) is 5.41 Å². The Morgan fingerprint density at radius 2 is 1.41 bits per heavy atom. The van der Waals surface area contributed by atoms with Crippen molar-refractivity contribution in [3.63, 3.8) is 0 Å². The van der Waals surface area contributed by atoms with Gasteiger partial charge in [0.25, 0.3) is 0 Å². The first kappa shape index (κ1) is 13.8. The zero-order chi connectivity index (χ0) is 15.3. The van der Waals surface area contributed by atoms with Gasteiger partial charge < -0.3 is 9.31 Å². The molecular formula is C19H19BO2. The smallest absolute Gasteiger partial charge is 0.382 e. The average molecular weight is 290 g/mol. The molecule has 3 aromatic rings. The molecule has 0 amide bonds. The highest BCUT2D eigenvalue weighted by Gasteiger charge is 2.45. The van der Waals surface area contributed by atoms with Crippen LogP contribution in [0.4, 0.5) is 0 Å². The second-order valence-electron chi connectivity index (χ2n) is 7.03. The summed E-state index contributed by atoms with van der Waals surface area (Å²) < 4.78 is 12.0. The SMILES string of the molecule is CC(C)(C)C1OB(c2cc3ccccc3c3ccccc23)O1. The third-order valence-electron chi connectivity index (χ3n) is 4.26. The van der Waals surface area contributed by atoms with Crippen molar-refractivity contribution < 1.29 is 9.31 Å². The first-order chi connectivity index (χ1) is 10.5. The molecule has 0 aromatic heterocycles. The van der Waals surface area contributed by atoms with Crippen molar-refractivity contribution >= 4 is 34.1 Å². The molecule has 1 heterocycles. The summed E-state index contributed by atoms with van der Waals surface area (Å²) in [6, 6.07) is 19.1. The first-order valence-corrected chi connectivity index (χ1v) is 7.75. The van der Waals surface area contributed by atoms with E-state index in [1.165, 1.54) is 21.5 Å². The van der Waals surface area contributed by atoms with E-state index in [9.17, 15) is 0 Å². The molecule has 1 aliphatic heterocycles. The number of hydrogen-bond acceptors (Lipinski definition) is 2. The second kappa shape index (κ2) is 4.84. The fraction of sp³-hybridized carbons (Fsp3) is 0.263. The standard InChI is InChI=1S/C19H19BO2/c1-19(2,3)18-21-20(22-18)17-12-13-8-4-5-9-14(13)15-10-6-7-11-16(15)17/h4-12,18H,1-3H3. The predicted molar refractivity (Wildman–Crippen MR) is 92.3 cm³/mol. The summed E-state index contributed by atoms with van der Waals surface area (Å²) in [5, 5.41) is 4.96. The molecule has 1 fully saturated rings. The van der Waals surface area contributed by atoms with Crippen LogP contribution in [-0.4, -0.2) is 13.4 Å². The highest BCUT2D eigenvalue weighted by atomic mass is 16.8. The van der Waals surface area contributed by atoms with Gasteiger partial charge >= 0.3 is 7.12 Å². The molecule has 2 nitrogen and oxygen atoms in total. The van der Waals surface area contributed by atoms with Crippen LogP contribution in [0.15, 0.2) is 54.6 Å². The number of hydrogen-bond donors (Lipinski definition) is 0. The molecule has 0 bridgehead atoms. The van der Waals surface area contributed by atoms with Gasteiger partial charge in [-0.3, -0.25) is 0 Å². The summed E-state index contributed by atoms with van der Waals surface area (Å²) in [6.07, 6.45) is -0.136. The lowest BCUT2D eigenvalue weighted by molar-refractivity contribution is -0.167. The van der Waals surface area contributed by atoms with Crippen LogP contribution in [0.5, 0.6) is 0 Å². The van der Waals surface area contributed by atoms with E-state index < -0.39 is 0 Å². The Hall–Kier alpha value is -1.84. The number of benzene rings is 3. The molecular weight excluding hydrogens is 271 g/mol. The average Bonchev–Trinajstić information content (AvgIpc) is 2.44. The Balaban J connectivity index is 1.84. The third kappa shape index (κ3) is 2.13. The lowest BCUT2D eigenvalue weighted by Gasteiger charge is -2.42. The fourth-order valence-electron chi connectivity index (χ4n) is 3.07. The molecule has 0 aliphatic carbocycles. The highest BCUT2D eigenvalue weighted by Crippen LogP contribution is 2.32. The molecule has 0 spiro atoms. The summed E-state index contributed by atoms with van der Waals surface area (Å²) in [5.74, 6) is 0. The van der Waals surface area contributed by atoms with E-state index >= 15 is 0 Å². The van der Waals surface area contributed by atoms with Crippen LogP contribution >= 0.6 is 0 Å². The van der Waals surface area contributed by atoms with Crippen LogP contribution in [0, 0.1) is 5.41 Å². The van der Waals surface area contributed by atoms with Crippen LogP contribution in [-0.2, 0) is 9.31 Å². The highest BCUT2D eigenvalue weighted by molar-refractivity contribution is 6.66. The van der Waals surface area contributed by atoms with Crippen LogP contribution < -0.4 is 5.46 Å². The molecule has 110 valence electrons. The molecule has 0 saturated carbocycles.